The molecule has 8 nitrogen and oxygen atoms in total. The van der Waals surface area contributed by atoms with Crippen molar-refractivity contribution in [2.24, 2.45) is 0 Å². The van der Waals surface area contributed by atoms with Gasteiger partial charge in [-0.1, -0.05) is 24.3 Å². The number of nitrogens with zero attached hydrogens (tertiary/aromatic N) is 1. The summed E-state index contributed by atoms with van der Waals surface area (Å²) in [6.45, 7) is 8.38. The fraction of sp³-hybridized carbons (Fsp3) is 0.286. The SMILES string of the molecule is C=C(C=C(C)C)Oc1ccc(C2OP(C)(=O)C(O)(Cc3cccnc3)P(=O)(O)O2)cc1F. The second kappa shape index (κ2) is 9.02. The van der Waals surface area contributed by atoms with Crippen LogP contribution in [0.5, 0.6) is 5.75 Å². The quantitative estimate of drug-likeness (QED) is 0.331. The van der Waals surface area contributed by atoms with Gasteiger partial charge in [0.1, 0.15) is 5.76 Å². The van der Waals surface area contributed by atoms with Crippen molar-refractivity contribution in [1.82, 2.24) is 4.98 Å². The van der Waals surface area contributed by atoms with Crippen LogP contribution in [0.1, 0.15) is 31.3 Å². The van der Waals surface area contributed by atoms with E-state index in [4.69, 9.17) is 13.8 Å². The molecule has 0 amide bonds. The van der Waals surface area contributed by atoms with Crippen molar-refractivity contribution in [1.29, 1.82) is 0 Å². The monoisotopic (exact) mass is 483 g/mol. The summed E-state index contributed by atoms with van der Waals surface area (Å²) >= 11 is 0. The summed E-state index contributed by atoms with van der Waals surface area (Å²) in [6.07, 6.45) is 2.35. The third kappa shape index (κ3) is 4.94. The molecule has 172 valence electrons. The molecule has 2 heterocycles. The molecule has 0 saturated carbocycles. The molecule has 4 unspecified atom stereocenters. The largest absolute Gasteiger partial charge is 0.455 e. The molecular formula is C21H24FNO7P2. The second-order valence-electron chi connectivity index (χ2n) is 7.70. The molecular weight excluding hydrogens is 459 g/mol. The zero-order valence-electron chi connectivity index (χ0n) is 17.8. The van der Waals surface area contributed by atoms with E-state index in [1.165, 1.54) is 24.5 Å². The first-order chi connectivity index (χ1) is 14.8. The molecule has 4 atom stereocenters. The van der Waals surface area contributed by atoms with Gasteiger partial charge in [-0.05, 0) is 43.7 Å². The van der Waals surface area contributed by atoms with Gasteiger partial charge < -0.3 is 14.7 Å². The van der Waals surface area contributed by atoms with Gasteiger partial charge in [-0.25, -0.2) is 4.39 Å². The average Bonchev–Trinajstić information content (AvgIpc) is 2.67. The number of hydrogen-bond donors (Lipinski definition) is 2. The van der Waals surface area contributed by atoms with Crippen LogP contribution in [0.2, 0.25) is 0 Å². The molecule has 1 saturated heterocycles. The van der Waals surface area contributed by atoms with E-state index >= 15 is 0 Å². The highest BCUT2D eigenvalue weighted by molar-refractivity contribution is 7.75. The third-order valence-corrected chi connectivity index (χ3v) is 10.2. The summed E-state index contributed by atoms with van der Waals surface area (Å²) in [4.78, 5) is 14.4. The molecule has 0 aliphatic carbocycles. The first-order valence-electron chi connectivity index (χ1n) is 9.54. The van der Waals surface area contributed by atoms with Gasteiger partial charge in [0, 0.05) is 31.0 Å². The second-order valence-corrected chi connectivity index (χ2v) is 12.7. The molecule has 1 aliphatic heterocycles. The minimum atomic E-state index is -4.92. The number of aromatic nitrogens is 1. The van der Waals surface area contributed by atoms with Gasteiger partial charge in [0.25, 0.3) is 0 Å². The number of aliphatic hydroxyl groups is 1. The van der Waals surface area contributed by atoms with Crippen LogP contribution in [-0.4, -0.2) is 26.7 Å². The molecule has 1 fully saturated rings. The third-order valence-electron chi connectivity index (χ3n) is 4.72. The molecule has 2 N–H and O–H groups in total. The summed E-state index contributed by atoms with van der Waals surface area (Å²) in [5.41, 5.74) is 1.26. The van der Waals surface area contributed by atoms with Crippen LogP contribution < -0.4 is 4.74 Å². The number of ether oxygens (including phenoxy) is 1. The van der Waals surface area contributed by atoms with E-state index in [0.717, 1.165) is 18.3 Å². The van der Waals surface area contributed by atoms with E-state index in [1.807, 2.05) is 13.8 Å². The Morgan fingerprint density at radius 3 is 2.62 bits per heavy atom. The molecule has 0 spiro atoms. The Labute approximate surface area is 185 Å². The Balaban J connectivity index is 1.87. The molecule has 32 heavy (non-hydrogen) atoms. The van der Waals surface area contributed by atoms with E-state index < -0.39 is 38.6 Å². The number of allylic oxidation sites excluding steroid dienone is 2. The minimum Gasteiger partial charge on any atom is -0.455 e. The van der Waals surface area contributed by atoms with Crippen LogP contribution in [0.15, 0.2) is 66.7 Å². The predicted molar refractivity (Wildman–Crippen MR) is 117 cm³/mol. The molecule has 11 heteroatoms. The molecule has 1 aliphatic rings. The van der Waals surface area contributed by atoms with Crippen LogP contribution in [0.25, 0.3) is 0 Å². The Morgan fingerprint density at radius 1 is 1.34 bits per heavy atom. The highest BCUT2D eigenvalue weighted by Gasteiger charge is 2.64. The zero-order chi connectivity index (χ0) is 23.7. The van der Waals surface area contributed by atoms with Crippen molar-refractivity contribution in [2.45, 2.75) is 31.6 Å². The lowest BCUT2D eigenvalue weighted by Crippen LogP contribution is -2.37. The summed E-state index contributed by atoms with van der Waals surface area (Å²) in [5.74, 6) is -0.722. The first kappa shape index (κ1) is 24.5. The maximum Gasteiger partial charge on any atom is 0.372 e. The van der Waals surface area contributed by atoms with Crippen LogP contribution in [0.4, 0.5) is 4.39 Å². The van der Waals surface area contributed by atoms with E-state index in [1.54, 1.807) is 18.2 Å². The molecule has 0 radical (unpaired) electrons. The summed E-state index contributed by atoms with van der Waals surface area (Å²) in [7, 11) is -9.09. The van der Waals surface area contributed by atoms with E-state index in [2.05, 4.69) is 11.6 Å². The highest BCUT2D eigenvalue weighted by atomic mass is 31.2. The number of hydrogen-bond acceptors (Lipinski definition) is 7. The van der Waals surface area contributed by atoms with Crippen LogP contribution in [0.3, 0.4) is 0 Å². The Kier molecular flexibility index (Phi) is 6.91. The van der Waals surface area contributed by atoms with Gasteiger partial charge in [0.15, 0.2) is 17.9 Å². The van der Waals surface area contributed by atoms with Gasteiger partial charge in [0.2, 0.25) is 12.5 Å². The van der Waals surface area contributed by atoms with Crippen molar-refractivity contribution in [2.75, 3.05) is 6.66 Å². The van der Waals surface area contributed by atoms with E-state index in [-0.39, 0.29) is 17.1 Å². The molecule has 2 aromatic rings. The fourth-order valence-corrected chi connectivity index (χ4v) is 7.44. The highest BCUT2D eigenvalue weighted by Crippen LogP contribution is 2.79. The van der Waals surface area contributed by atoms with Gasteiger partial charge in [-0.15, -0.1) is 0 Å². The van der Waals surface area contributed by atoms with Crippen LogP contribution >= 0.6 is 15.0 Å². The van der Waals surface area contributed by atoms with Crippen LogP contribution in [-0.2, 0) is 24.6 Å². The van der Waals surface area contributed by atoms with Crippen molar-refractivity contribution >= 4 is 15.0 Å². The lowest BCUT2D eigenvalue weighted by Gasteiger charge is -2.43. The average molecular weight is 483 g/mol. The lowest BCUT2D eigenvalue weighted by atomic mass is 10.2. The summed E-state index contributed by atoms with van der Waals surface area (Å²) in [6, 6.07) is 6.69. The Hall–Kier alpha value is -2.12. The number of rotatable bonds is 6. The van der Waals surface area contributed by atoms with Gasteiger partial charge in [0.05, 0.1) is 0 Å². The Bertz CT molecular complexity index is 1120. The maximum absolute atomic E-state index is 14.6. The van der Waals surface area contributed by atoms with E-state index in [0.29, 0.717) is 5.56 Å². The van der Waals surface area contributed by atoms with Gasteiger partial charge in [-0.3, -0.25) is 23.2 Å². The minimum absolute atomic E-state index is 0.0116. The van der Waals surface area contributed by atoms with Crippen molar-refractivity contribution in [3.05, 3.63) is 83.7 Å². The first-order valence-corrected chi connectivity index (χ1v) is 13.2. The van der Waals surface area contributed by atoms with Crippen molar-refractivity contribution < 1.29 is 37.3 Å². The molecule has 0 bridgehead atoms. The fourth-order valence-electron chi connectivity index (χ4n) is 3.11. The topological polar surface area (TPSA) is 115 Å². The van der Waals surface area contributed by atoms with Gasteiger partial charge in [-0.2, -0.15) is 0 Å². The molecule has 1 aromatic carbocycles. The number of pyridine rings is 1. The standard InChI is InChI=1S/C21H24FNO7P2/c1-14(2)10-15(3)28-19-8-7-17(11-18(19)22)20-29-31(4,25)21(24,32(26,27)30-20)12-16-6-5-9-23-13-16/h5-11,13,20,24H,3,12H2,1-2,4H3,(H,26,27). The molecule has 1 aromatic heterocycles. The summed E-state index contributed by atoms with van der Waals surface area (Å²) in [5, 5.41) is 8.26. The van der Waals surface area contributed by atoms with Gasteiger partial charge >= 0.3 is 7.60 Å². The Morgan fingerprint density at radius 2 is 2.06 bits per heavy atom. The van der Waals surface area contributed by atoms with Crippen molar-refractivity contribution in [3.8, 4) is 5.75 Å². The maximum atomic E-state index is 14.6. The van der Waals surface area contributed by atoms with Crippen molar-refractivity contribution in [3.63, 3.8) is 0 Å². The van der Waals surface area contributed by atoms with E-state index in [9.17, 15) is 23.5 Å². The number of halogens is 1. The lowest BCUT2D eigenvalue weighted by molar-refractivity contribution is -0.0441. The number of benzene rings is 1. The molecule has 3 rings (SSSR count). The smallest absolute Gasteiger partial charge is 0.372 e. The zero-order valence-corrected chi connectivity index (χ0v) is 19.6. The normalized spacial score (nSPS) is 29.9. The van der Waals surface area contributed by atoms with Crippen LogP contribution in [0, 0.1) is 5.82 Å². The predicted octanol–water partition coefficient (Wildman–Crippen LogP) is 5.11. The summed E-state index contributed by atoms with van der Waals surface area (Å²) < 4.78 is 56.7.